The van der Waals surface area contributed by atoms with Gasteiger partial charge in [-0.3, -0.25) is 14.7 Å². The fourth-order valence-corrected chi connectivity index (χ4v) is 2.69. The van der Waals surface area contributed by atoms with Crippen molar-refractivity contribution >= 4 is 17.6 Å². The van der Waals surface area contributed by atoms with Gasteiger partial charge < -0.3 is 16.0 Å². The molecule has 0 aliphatic carbocycles. The molecule has 1 aromatic rings. The van der Waals surface area contributed by atoms with Gasteiger partial charge in [0.2, 0.25) is 5.91 Å². The van der Waals surface area contributed by atoms with Gasteiger partial charge in [-0.05, 0) is 45.9 Å². The number of hydrogen-bond acceptors (Lipinski definition) is 3. The zero-order chi connectivity index (χ0) is 19.5. The number of hydrogen-bond donors (Lipinski definition) is 3. The quantitative estimate of drug-likeness (QED) is 0.378. The lowest BCUT2D eigenvalue weighted by molar-refractivity contribution is -0.115. The van der Waals surface area contributed by atoms with E-state index in [0.717, 1.165) is 18.7 Å². The van der Waals surface area contributed by atoms with Crippen LogP contribution < -0.4 is 16.0 Å². The number of rotatable bonds is 8. The lowest BCUT2D eigenvalue weighted by atomic mass is 10.2. The van der Waals surface area contributed by atoms with Crippen LogP contribution in [0, 0.1) is 12.3 Å². The second-order valence-corrected chi connectivity index (χ2v) is 6.55. The van der Waals surface area contributed by atoms with E-state index in [4.69, 9.17) is 6.42 Å². The fraction of sp³-hybridized carbons (Fsp3) is 0.500. The molecule has 0 fully saturated rings. The molecule has 6 heteroatoms. The predicted octanol–water partition coefficient (Wildman–Crippen LogP) is 1.89. The van der Waals surface area contributed by atoms with Crippen molar-refractivity contribution < 1.29 is 4.79 Å². The number of aliphatic imine (C=N–C) groups is 1. The van der Waals surface area contributed by atoms with Crippen LogP contribution in [-0.2, 0) is 4.79 Å². The van der Waals surface area contributed by atoms with Gasteiger partial charge in [-0.25, -0.2) is 0 Å². The van der Waals surface area contributed by atoms with Gasteiger partial charge in [0.05, 0.1) is 6.54 Å². The van der Waals surface area contributed by atoms with E-state index in [1.807, 2.05) is 12.1 Å². The fourth-order valence-electron chi connectivity index (χ4n) is 2.69. The molecule has 0 saturated heterocycles. The van der Waals surface area contributed by atoms with Crippen molar-refractivity contribution in [1.29, 1.82) is 0 Å². The minimum absolute atomic E-state index is 0.123. The minimum atomic E-state index is -0.159. The first kappa shape index (κ1) is 21.5. The molecule has 26 heavy (non-hydrogen) atoms. The van der Waals surface area contributed by atoms with Gasteiger partial charge in [0.1, 0.15) is 0 Å². The third-order valence-electron chi connectivity index (χ3n) is 3.94. The average Bonchev–Trinajstić information content (AvgIpc) is 2.60. The van der Waals surface area contributed by atoms with E-state index in [2.05, 4.69) is 59.5 Å². The normalized spacial score (nSPS) is 11.6. The summed E-state index contributed by atoms with van der Waals surface area (Å²) in [7, 11) is 1.69. The van der Waals surface area contributed by atoms with Crippen LogP contribution in [0.25, 0.3) is 0 Å². The number of nitrogens with zero attached hydrogens (tertiary/aromatic N) is 2. The second-order valence-electron chi connectivity index (χ2n) is 6.55. The zero-order valence-corrected chi connectivity index (χ0v) is 16.5. The lowest BCUT2D eigenvalue weighted by Gasteiger charge is -2.30. The Morgan fingerprint density at radius 3 is 2.50 bits per heavy atom. The number of carbonyl (C=O) groups is 1. The summed E-state index contributed by atoms with van der Waals surface area (Å²) in [5.41, 5.74) is 1.41. The molecule has 0 bridgehead atoms. The first-order valence-electron chi connectivity index (χ1n) is 8.94. The lowest BCUT2D eigenvalue weighted by Crippen LogP contribution is -2.46. The number of benzene rings is 1. The average molecular weight is 358 g/mol. The first-order valence-corrected chi connectivity index (χ1v) is 8.94. The van der Waals surface area contributed by atoms with Crippen LogP contribution in [-0.4, -0.2) is 55.5 Å². The Bertz CT molecular complexity index is 638. The SMILES string of the molecule is C#Cc1cccc(NC(=O)CNC(=NC)NCCN(C(C)C)C(C)C)c1. The van der Waals surface area contributed by atoms with Crippen LogP contribution in [0.15, 0.2) is 29.3 Å². The van der Waals surface area contributed by atoms with E-state index >= 15 is 0 Å². The summed E-state index contributed by atoms with van der Waals surface area (Å²) >= 11 is 0. The molecular formula is C20H31N5O. The van der Waals surface area contributed by atoms with Gasteiger partial charge in [0.15, 0.2) is 5.96 Å². The molecule has 6 nitrogen and oxygen atoms in total. The zero-order valence-electron chi connectivity index (χ0n) is 16.5. The van der Waals surface area contributed by atoms with E-state index in [-0.39, 0.29) is 12.5 Å². The van der Waals surface area contributed by atoms with Crippen LogP contribution in [0.4, 0.5) is 5.69 Å². The van der Waals surface area contributed by atoms with Gasteiger partial charge in [-0.2, -0.15) is 0 Å². The molecule has 3 N–H and O–H groups in total. The van der Waals surface area contributed by atoms with E-state index < -0.39 is 0 Å². The maximum Gasteiger partial charge on any atom is 0.243 e. The number of amides is 1. The number of guanidine groups is 1. The minimum Gasteiger partial charge on any atom is -0.355 e. The highest BCUT2D eigenvalue weighted by atomic mass is 16.1. The summed E-state index contributed by atoms with van der Waals surface area (Å²) in [5.74, 6) is 2.99. The third kappa shape index (κ3) is 7.58. The van der Waals surface area contributed by atoms with Gasteiger partial charge in [-0.1, -0.05) is 12.0 Å². The number of carbonyl (C=O) groups excluding carboxylic acids is 1. The van der Waals surface area contributed by atoms with Crippen LogP contribution in [0.5, 0.6) is 0 Å². The maximum atomic E-state index is 12.1. The number of terminal acetylenes is 1. The molecule has 0 atom stereocenters. The Kier molecular flexibility index (Phi) is 9.24. The van der Waals surface area contributed by atoms with Crippen LogP contribution in [0.2, 0.25) is 0 Å². The van der Waals surface area contributed by atoms with Crippen molar-refractivity contribution in [2.45, 2.75) is 39.8 Å². The Hall–Kier alpha value is -2.52. The topological polar surface area (TPSA) is 68.8 Å². The molecule has 0 radical (unpaired) electrons. The van der Waals surface area contributed by atoms with Crippen molar-refractivity contribution in [3.05, 3.63) is 29.8 Å². The monoisotopic (exact) mass is 357 g/mol. The Morgan fingerprint density at radius 1 is 1.23 bits per heavy atom. The summed E-state index contributed by atoms with van der Waals surface area (Å²) in [6.07, 6.45) is 5.37. The summed E-state index contributed by atoms with van der Waals surface area (Å²) in [4.78, 5) is 18.6. The maximum absolute atomic E-state index is 12.1. The van der Waals surface area contributed by atoms with Gasteiger partial charge >= 0.3 is 0 Å². The smallest absolute Gasteiger partial charge is 0.243 e. The highest BCUT2D eigenvalue weighted by Crippen LogP contribution is 2.09. The summed E-state index contributed by atoms with van der Waals surface area (Å²) in [5, 5.41) is 9.07. The molecule has 0 aromatic heterocycles. The van der Waals surface area contributed by atoms with Crippen molar-refractivity contribution in [3.63, 3.8) is 0 Å². The number of nitrogens with one attached hydrogen (secondary N) is 3. The second kappa shape index (κ2) is 11.2. The molecule has 0 aliphatic rings. The molecule has 1 aromatic carbocycles. The molecular weight excluding hydrogens is 326 g/mol. The molecule has 142 valence electrons. The van der Waals surface area contributed by atoms with Crippen LogP contribution in [0.3, 0.4) is 0 Å². The summed E-state index contributed by atoms with van der Waals surface area (Å²) in [6.45, 7) is 10.5. The van der Waals surface area contributed by atoms with Crippen molar-refractivity contribution in [3.8, 4) is 12.3 Å². The Labute approximate surface area is 157 Å². The predicted molar refractivity (Wildman–Crippen MR) is 109 cm³/mol. The largest absolute Gasteiger partial charge is 0.355 e. The van der Waals surface area contributed by atoms with E-state index in [1.165, 1.54) is 0 Å². The van der Waals surface area contributed by atoms with Gasteiger partial charge in [-0.15, -0.1) is 6.42 Å². The van der Waals surface area contributed by atoms with Crippen LogP contribution >= 0.6 is 0 Å². The molecule has 1 rings (SSSR count). The molecule has 0 heterocycles. The molecule has 0 saturated carbocycles. The molecule has 0 unspecified atom stereocenters. The summed E-state index contributed by atoms with van der Waals surface area (Å²) in [6, 6.07) is 8.16. The molecule has 0 spiro atoms. The van der Waals surface area contributed by atoms with Crippen molar-refractivity contribution in [2.24, 2.45) is 4.99 Å². The highest BCUT2D eigenvalue weighted by molar-refractivity contribution is 5.95. The van der Waals surface area contributed by atoms with Crippen molar-refractivity contribution in [1.82, 2.24) is 15.5 Å². The van der Waals surface area contributed by atoms with E-state index in [0.29, 0.717) is 23.7 Å². The third-order valence-corrected chi connectivity index (χ3v) is 3.94. The first-order chi connectivity index (χ1) is 12.4. The van der Waals surface area contributed by atoms with E-state index in [9.17, 15) is 4.79 Å². The molecule has 0 aliphatic heterocycles. The van der Waals surface area contributed by atoms with Crippen LogP contribution in [0.1, 0.15) is 33.3 Å². The standard InChI is InChI=1S/C20H31N5O/c1-7-17-9-8-10-18(13-17)24-19(26)14-23-20(21-6)22-11-12-25(15(2)3)16(4)5/h1,8-10,13,15-16H,11-12,14H2,2-6H3,(H,24,26)(H2,21,22,23). The number of anilines is 1. The highest BCUT2D eigenvalue weighted by Gasteiger charge is 2.12. The summed E-state index contributed by atoms with van der Waals surface area (Å²) < 4.78 is 0. The Morgan fingerprint density at radius 2 is 1.92 bits per heavy atom. The van der Waals surface area contributed by atoms with E-state index in [1.54, 1.807) is 19.2 Å². The molecule has 1 amide bonds. The Balaban J connectivity index is 2.41. The van der Waals surface area contributed by atoms with Crippen molar-refractivity contribution in [2.75, 3.05) is 32.0 Å². The van der Waals surface area contributed by atoms with Gasteiger partial charge in [0, 0.05) is 43.5 Å². The van der Waals surface area contributed by atoms with Gasteiger partial charge in [0.25, 0.3) is 0 Å².